The van der Waals surface area contributed by atoms with Gasteiger partial charge in [-0.15, -0.1) is 0 Å². The molecule has 1 N–H and O–H groups in total. The van der Waals surface area contributed by atoms with Gasteiger partial charge in [0.05, 0.1) is 25.8 Å². The lowest BCUT2D eigenvalue weighted by Crippen LogP contribution is -2.36. The van der Waals surface area contributed by atoms with E-state index >= 15 is 0 Å². The standard InChI is InChI=1S/C20H26N2O4/c1-5-25-18(23)8-9-22(13-17-7-6-10-26-17)20(24)21-19-15(3)11-14(2)12-16(19)4/h6-7,10-12H,5,8-9,13H2,1-4H3,(H,21,24). The lowest BCUT2D eigenvalue weighted by molar-refractivity contribution is -0.143. The summed E-state index contributed by atoms with van der Waals surface area (Å²) in [6.07, 6.45) is 1.69. The molecule has 140 valence electrons. The number of rotatable bonds is 7. The minimum atomic E-state index is -0.326. The minimum absolute atomic E-state index is 0.133. The van der Waals surface area contributed by atoms with Crippen molar-refractivity contribution in [1.29, 1.82) is 0 Å². The van der Waals surface area contributed by atoms with Gasteiger partial charge < -0.3 is 19.4 Å². The van der Waals surface area contributed by atoms with Crippen molar-refractivity contribution in [2.45, 2.75) is 40.7 Å². The summed E-state index contributed by atoms with van der Waals surface area (Å²) in [5.41, 5.74) is 3.94. The van der Waals surface area contributed by atoms with Gasteiger partial charge in [-0.3, -0.25) is 4.79 Å². The highest BCUT2D eigenvalue weighted by Crippen LogP contribution is 2.22. The Morgan fingerprint density at radius 3 is 2.46 bits per heavy atom. The number of ether oxygens (including phenoxy) is 1. The van der Waals surface area contributed by atoms with Crippen molar-refractivity contribution in [3.05, 3.63) is 53.0 Å². The summed E-state index contributed by atoms with van der Waals surface area (Å²) in [5, 5.41) is 2.97. The first-order chi connectivity index (χ1) is 12.4. The number of furan rings is 1. The molecule has 0 unspecified atom stereocenters. The van der Waals surface area contributed by atoms with Gasteiger partial charge in [0.25, 0.3) is 0 Å². The fraction of sp³-hybridized carbons (Fsp3) is 0.400. The first kappa shape index (κ1) is 19.6. The second-order valence-corrected chi connectivity index (χ2v) is 6.26. The zero-order chi connectivity index (χ0) is 19.1. The smallest absolute Gasteiger partial charge is 0.322 e. The molecule has 0 radical (unpaired) electrons. The Kier molecular flexibility index (Phi) is 6.83. The Bertz CT molecular complexity index is 730. The number of aryl methyl sites for hydroxylation is 3. The molecule has 0 aliphatic heterocycles. The Hall–Kier alpha value is -2.76. The summed E-state index contributed by atoms with van der Waals surface area (Å²) in [6, 6.07) is 7.34. The molecule has 0 aliphatic carbocycles. The van der Waals surface area contributed by atoms with Crippen LogP contribution in [0.2, 0.25) is 0 Å². The molecular formula is C20H26N2O4. The predicted octanol–water partition coefficient (Wildman–Crippen LogP) is 4.19. The highest BCUT2D eigenvalue weighted by molar-refractivity contribution is 5.91. The number of hydrogen-bond donors (Lipinski definition) is 1. The summed E-state index contributed by atoms with van der Waals surface area (Å²) >= 11 is 0. The number of anilines is 1. The topological polar surface area (TPSA) is 71.8 Å². The first-order valence-electron chi connectivity index (χ1n) is 8.72. The number of nitrogens with one attached hydrogen (secondary N) is 1. The van der Waals surface area contributed by atoms with E-state index in [4.69, 9.17) is 9.15 Å². The molecule has 0 saturated carbocycles. The molecule has 6 nitrogen and oxygen atoms in total. The Balaban J connectivity index is 2.12. The first-order valence-corrected chi connectivity index (χ1v) is 8.72. The second-order valence-electron chi connectivity index (χ2n) is 6.26. The molecule has 0 saturated heterocycles. The highest BCUT2D eigenvalue weighted by atomic mass is 16.5. The van der Waals surface area contributed by atoms with E-state index in [1.165, 1.54) is 0 Å². The van der Waals surface area contributed by atoms with Crippen molar-refractivity contribution in [2.24, 2.45) is 0 Å². The molecule has 2 aromatic rings. The molecule has 1 heterocycles. The largest absolute Gasteiger partial charge is 0.467 e. The van der Waals surface area contributed by atoms with Gasteiger partial charge in [0.15, 0.2) is 0 Å². The molecule has 2 amide bonds. The molecule has 0 atom stereocenters. The molecule has 26 heavy (non-hydrogen) atoms. The van der Waals surface area contributed by atoms with E-state index in [2.05, 4.69) is 5.32 Å². The summed E-state index contributed by atoms with van der Waals surface area (Å²) in [5.74, 6) is 0.328. The van der Waals surface area contributed by atoms with Gasteiger partial charge in [0, 0.05) is 12.2 Å². The van der Waals surface area contributed by atoms with Crippen LogP contribution < -0.4 is 5.32 Å². The van der Waals surface area contributed by atoms with Crippen molar-refractivity contribution < 1.29 is 18.7 Å². The fourth-order valence-corrected chi connectivity index (χ4v) is 2.87. The van der Waals surface area contributed by atoms with Crippen molar-refractivity contribution in [2.75, 3.05) is 18.5 Å². The summed E-state index contributed by atoms with van der Waals surface area (Å²) in [4.78, 5) is 26.0. The average Bonchev–Trinajstić information content (AvgIpc) is 3.08. The highest BCUT2D eigenvalue weighted by Gasteiger charge is 2.19. The third-order valence-electron chi connectivity index (χ3n) is 4.01. The number of amides is 2. The Morgan fingerprint density at radius 2 is 1.88 bits per heavy atom. The number of nitrogens with zero attached hydrogens (tertiary/aromatic N) is 1. The van der Waals surface area contributed by atoms with Crippen molar-refractivity contribution in [1.82, 2.24) is 4.90 Å². The Labute approximate surface area is 154 Å². The van der Waals surface area contributed by atoms with Crippen molar-refractivity contribution in [3.8, 4) is 0 Å². The SMILES string of the molecule is CCOC(=O)CCN(Cc1ccco1)C(=O)Nc1c(C)cc(C)cc1C. The van der Waals surface area contributed by atoms with Gasteiger partial charge in [-0.05, 0) is 51.0 Å². The van der Waals surface area contributed by atoms with E-state index in [-0.39, 0.29) is 31.5 Å². The number of benzene rings is 1. The number of urea groups is 1. The molecule has 6 heteroatoms. The molecule has 0 spiro atoms. The van der Waals surface area contributed by atoms with Crippen molar-refractivity contribution >= 4 is 17.7 Å². The zero-order valence-electron chi connectivity index (χ0n) is 15.8. The van der Waals surface area contributed by atoms with E-state index < -0.39 is 0 Å². The maximum Gasteiger partial charge on any atom is 0.322 e. The van der Waals surface area contributed by atoms with E-state index in [9.17, 15) is 9.59 Å². The van der Waals surface area contributed by atoms with Crippen LogP contribution in [0, 0.1) is 20.8 Å². The summed E-state index contributed by atoms with van der Waals surface area (Å²) in [6.45, 7) is 8.56. The van der Waals surface area contributed by atoms with Crippen LogP contribution in [0.4, 0.5) is 10.5 Å². The van der Waals surface area contributed by atoms with E-state index in [0.29, 0.717) is 12.4 Å². The molecular weight excluding hydrogens is 332 g/mol. The van der Waals surface area contributed by atoms with Crippen LogP contribution in [-0.2, 0) is 16.1 Å². The van der Waals surface area contributed by atoms with Crippen LogP contribution in [0.1, 0.15) is 35.8 Å². The zero-order valence-corrected chi connectivity index (χ0v) is 15.8. The van der Waals surface area contributed by atoms with Crippen LogP contribution in [0.3, 0.4) is 0 Å². The third kappa shape index (κ3) is 5.37. The van der Waals surface area contributed by atoms with Gasteiger partial charge in [0.2, 0.25) is 0 Å². The number of hydrogen-bond acceptors (Lipinski definition) is 4. The van der Waals surface area contributed by atoms with Gasteiger partial charge in [-0.2, -0.15) is 0 Å². The minimum Gasteiger partial charge on any atom is -0.467 e. The molecule has 0 fully saturated rings. The summed E-state index contributed by atoms with van der Waals surface area (Å²) < 4.78 is 10.3. The molecule has 0 aliphatic rings. The fourth-order valence-electron chi connectivity index (χ4n) is 2.87. The monoisotopic (exact) mass is 358 g/mol. The van der Waals surface area contributed by atoms with Crippen LogP contribution in [0.15, 0.2) is 34.9 Å². The van der Waals surface area contributed by atoms with Crippen LogP contribution in [0.5, 0.6) is 0 Å². The maximum atomic E-state index is 12.8. The molecule has 2 rings (SSSR count). The predicted molar refractivity (Wildman–Crippen MR) is 100 cm³/mol. The number of carbonyl (C=O) groups is 2. The quantitative estimate of drug-likeness (QED) is 0.753. The third-order valence-corrected chi connectivity index (χ3v) is 4.01. The van der Waals surface area contributed by atoms with Crippen LogP contribution in [0.25, 0.3) is 0 Å². The van der Waals surface area contributed by atoms with Gasteiger partial charge >= 0.3 is 12.0 Å². The second kappa shape index (κ2) is 9.08. The van der Waals surface area contributed by atoms with Crippen LogP contribution in [-0.4, -0.2) is 30.1 Å². The van der Waals surface area contributed by atoms with Gasteiger partial charge in [-0.1, -0.05) is 17.7 Å². The van der Waals surface area contributed by atoms with E-state index in [1.807, 2.05) is 32.9 Å². The molecule has 1 aromatic heterocycles. The van der Waals surface area contributed by atoms with Crippen molar-refractivity contribution in [3.63, 3.8) is 0 Å². The molecule has 1 aromatic carbocycles. The number of esters is 1. The van der Waals surface area contributed by atoms with Crippen LogP contribution >= 0.6 is 0 Å². The molecule has 0 bridgehead atoms. The van der Waals surface area contributed by atoms with E-state index in [1.54, 1.807) is 30.2 Å². The normalized spacial score (nSPS) is 10.5. The van der Waals surface area contributed by atoms with Gasteiger partial charge in [0.1, 0.15) is 5.76 Å². The van der Waals surface area contributed by atoms with Gasteiger partial charge in [-0.25, -0.2) is 4.79 Å². The Morgan fingerprint density at radius 1 is 1.19 bits per heavy atom. The average molecular weight is 358 g/mol. The lowest BCUT2D eigenvalue weighted by atomic mass is 10.1. The summed E-state index contributed by atoms with van der Waals surface area (Å²) in [7, 11) is 0. The number of carbonyl (C=O) groups excluding carboxylic acids is 2. The maximum absolute atomic E-state index is 12.8. The van der Waals surface area contributed by atoms with E-state index in [0.717, 1.165) is 22.4 Å². The lowest BCUT2D eigenvalue weighted by Gasteiger charge is -2.23.